The summed E-state index contributed by atoms with van der Waals surface area (Å²) in [6.45, 7) is 8.57. The number of allylic oxidation sites excluding steroid dienone is 2. The van der Waals surface area contributed by atoms with Gasteiger partial charge in [-0.1, -0.05) is 53.6 Å². The summed E-state index contributed by atoms with van der Waals surface area (Å²) < 4.78 is 0. The van der Waals surface area contributed by atoms with Gasteiger partial charge in [0, 0.05) is 17.1 Å². The number of thioether (sulfide) groups is 1. The van der Waals surface area contributed by atoms with Gasteiger partial charge >= 0.3 is 0 Å². The minimum absolute atomic E-state index is 1.15. The highest BCUT2D eigenvalue weighted by Crippen LogP contribution is 2.34. The van der Waals surface area contributed by atoms with Crippen LogP contribution in [0.1, 0.15) is 31.9 Å². The second-order valence-electron chi connectivity index (χ2n) is 7.07. The number of anilines is 3. The topological polar surface area (TPSA) is 3.24 Å². The quantitative estimate of drug-likeness (QED) is 0.418. The van der Waals surface area contributed by atoms with E-state index >= 15 is 0 Å². The molecular formula is C26H27NS. The van der Waals surface area contributed by atoms with Crippen LogP contribution in [0, 0.1) is 6.92 Å². The van der Waals surface area contributed by atoms with Crippen molar-refractivity contribution in [3.8, 4) is 0 Å². The monoisotopic (exact) mass is 385 g/mol. The molecule has 0 unspecified atom stereocenters. The number of rotatable bonds is 6. The van der Waals surface area contributed by atoms with Gasteiger partial charge in [0.1, 0.15) is 0 Å². The minimum Gasteiger partial charge on any atom is -0.311 e. The maximum absolute atomic E-state index is 2.29. The second kappa shape index (κ2) is 9.48. The molecule has 3 aromatic carbocycles. The molecule has 0 aliphatic rings. The minimum atomic E-state index is 1.15. The molecule has 0 atom stereocenters. The van der Waals surface area contributed by atoms with E-state index in [2.05, 4.69) is 123 Å². The lowest BCUT2D eigenvalue weighted by Crippen LogP contribution is -2.09. The largest absolute Gasteiger partial charge is 0.311 e. The Bertz CT molecular complexity index is 948. The van der Waals surface area contributed by atoms with Gasteiger partial charge in [0.05, 0.1) is 0 Å². The predicted molar refractivity (Wildman–Crippen MR) is 127 cm³/mol. The van der Waals surface area contributed by atoms with Gasteiger partial charge in [-0.25, -0.2) is 0 Å². The van der Waals surface area contributed by atoms with Crippen LogP contribution in [0.25, 0.3) is 6.08 Å². The number of benzene rings is 3. The van der Waals surface area contributed by atoms with Crippen LogP contribution in [0.3, 0.4) is 0 Å². The number of nitrogens with zero attached hydrogens (tertiary/aromatic N) is 1. The summed E-state index contributed by atoms with van der Waals surface area (Å²) >= 11 is 1.77. The predicted octanol–water partition coefficient (Wildman–Crippen LogP) is 8.48. The van der Waals surface area contributed by atoms with Crippen molar-refractivity contribution >= 4 is 34.9 Å². The molecule has 0 heterocycles. The molecule has 0 saturated heterocycles. The zero-order valence-electron chi connectivity index (χ0n) is 17.0. The van der Waals surface area contributed by atoms with Crippen molar-refractivity contribution in [3.63, 3.8) is 0 Å². The van der Waals surface area contributed by atoms with Crippen molar-refractivity contribution < 1.29 is 0 Å². The van der Waals surface area contributed by atoms with Gasteiger partial charge in [-0.2, -0.15) is 0 Å². The van der Waals surface area contributed by atoms with Gasteiger partial charge in [-0.3, -0.25) is 0 Å². The van der Waals surface area contributed by atoms with Crippen molar-refractivity contribution in [1.29, 1.82) is 0 Å². The third kappa shape index (κ3) is 5.17. The maximum atomic E-state index is 2.29. The molecule has 1 nitrogen and oxygen atoms in total. The van der Waals surface area contributed by atoms with Crippen LogP contribution in [0.2, 0.25) is 0 Å². The van der Waals surface area contributed by atoms with Gasteiger partial charge in [-0.15, -0.1) is 11.8 Å². The first-order chi connectivity index (χ1) is 13.5. The molecule has 0 bridgehead atoms. The fourth-order valence-electron chi connectivity index (χ4n) is 2.79. The summed E-state index contributed by atoms with van der Waals surface area (Å²) in [4.78, 5) is 3.64. The summed E-state index contributed by atoms with van der Waals surface area (Å²) in [6.07, 6.45) is 2.17. The standard InChI is InChI=1S/C26H27NS/c1-20(2)22(4)28-19-18-23-12-16-26(17-13-23)27(24-8-6-5-7-9-24)25-14-10-21(3)11-15-25/h5-19H,1-4H3/b19-18+. The first-order valence-corrected chi connectivity index (χ1v) is 10.4. The SMILES string of the molecule is CC(C)=C(C)S/C=C/c1ccc(N(c2ccccc2)c2ccc(C)cc2)cc1. The van der Waals surface area contributed by atoms with Crippen LogP contribution < -0.4 is 4.90 Å². The number of aryl methyl sites for hydroxylation is 1. The first kappa shape index (κ1) is 20.0. The molecule has 0 amide bonds. The molecule has 0 aliphatic carbocycles. The van der Waals surface area contributed by atoms with E-state index in [0.717, 1.165) is 17.1 Å². The van der Waals surface area contributed by atoms with Gasteiger partial charge < -0.3 is 4.90 Å². The fraction of sp³-hybridized carbons (Fsp3) is 0.154. The van der Waals surface area contributed by atoms with E-state index in [1.807, 2.05) is 0 Å². The molecule has 0 radical (unpaired) electrons. The molecule has 0 aromatic heterocycles. The lowest BCUT2D eigenvalue weighted by Gasteiger charge is -2.25. The van der Waals surface area contributed by atoms with E-state index in [9.17, 15) is 0 Å². The molecule has 28 heavy (non-hydrogen) atoms. The van der Waals surface area contributed by atoms with E-state index in [1.165, 1.54) is 21.6 Å². The smallest absolute Gasteiger partial charge is 0.0462 e. The second-order valence-corrected chi connectivity index (χ2v) is 8.20. The molecule has 2 heteroatoms. The lowest BCUT2D eigenvalue weighted by atomic mass is 10.1. The Labute approximate surface area is 173 Å². The Morgan fingerprint density at radius 2 is 1.25 bits per heavy atom. The molecule has 0 N–H and O–H groups in total. The first-order valence-electron chi connectivity index (χ1n) is 9.54. The Hall–Kier alpha value is -2.71. The highest BCUT2D eigenvalue weighted by atomic mass is 32.2. The van der Waals surface area contributed by atoms with E-state index in [0.29, 0.717) is 0 Å². The molecular weight excluding hydrogens is 358 g/mol. The average Bonchev–Trinajstić information content (AvgIpc) is 2.71. The molecule has 0 aliphatic heterocycles. The summed E-state index contributed by atoms with van der Waals surface area (Å²) in [7, 11) is 0. The van der Waals surface area contributed by atoms with Crippen LogP contribution in [0.4, 0.5) is 17.1 Å². The Morgan fingerprint density at radius 1 is 0.714 bits per heavy atom. The average molecular weight is 386 g/mol. The maximum Gasteiger partial charge on any atom is 0.0462 e. The molecule has 0 fully saturated rings. The van der Waals surface area contributed by atoms with E-state index < -0.39 is 0 Å². The number of para-hydroxylation sites is 1. The summed E-state index contributed by atoms with van der Waals surface area (Å²) in [5.41, 5.74) is 7.30. The van der Waals surface area contributed by atoms with Crippen molar-refractivity contribution in [2.45, 2.75) is 27.7 Å². The summed E-state index contributed by atoms with van der Waals surface area (Å²) in [5, 5.41) is 2.16. The van der Waals surface area contributed by atoms with E-state index in [4.69, 9.17) is 0 Å². The summed E-state index contributed by atoms with van der Waals surface area (Å²) in [5.74, 6) is 0. The molecule has 0 spiro atoms. The van der Waals surface area contributed by atoms with Crippen molar-refractivity contribution in [2.24, 2.45) is 0 Å². The Morgan fingerprint density at radius 3 is 1.82 bits per heavy atom. The van der Waals surface area contributed by atoms with Crippen molar-refractivity contribution in [2.75, 3.05) is 4.90 Å². The van der Waals surface area contributed by atoms with Crippen LogP contribution in [0.15, 0.2) is 94.7 Å². The Balaban J connectivity index is 1.88. The van der Waals surface area contributed by atoms with Crippen LogP contribution in [-0.4, -0.2) is 0 Å². The molecule has 3 aromatic rings. The van der Waals surface area contributed by atoms with Gasteiger partial charge in [0.2, 0.25) is 0 Å². The molecule has 142 valence electrons. The van der Waals surface area contributed by atoms with Gasteiger partial charge in [0.15, 0.2) is 0 Å². The van der Waals surface area contributed by atoms with Crippen molar-refractivity contribution in [3.05, 3.63) is 106 Å². The van der Waals surface area contributed by atoms with Crippen molar-refractivity contribution in [1.82, 2.24) is 0 Å². The highest BCUT2D eigenvalue weighted by Gasteiger charge is 2.11. The zero-order chi connectivity index (χ0) is 19.9. The normalized spacial score (nSPS) is 10.9. The molecule has 0 saturated carbocycles. The van der Waals surface area contributed by atoms with Crippen LogP contribution >= 0.6 is 11.8 Å². The highest BCUT2D eigenvalue weighted by molar-refractivity contribution is 8.05. The zero-order valence-corrected chi connectivity index (χ0v) is 17.8. The summed E-state index contributed by atoms with van der Waals surface area (Å²) in [6, 6.07) is 27.9. The number of hydrogen-bond acceptors (Lipinski definition) is 2. The Kier molecular flexibility index (Phi) is 6.78. The molecule has 3 rings (SSSR count). The fourth-order valence-corrected chi connectivity index (χ4v) is 3.45. The van der Waals surface area contributed by atoms with Crippen LogP contribution in [0.5, 0.6) is 0 Å². The third-order valence-corrected chi connectivity index (χ3v) is 5.70. The lowest BCUT2D eigenvalue weighted by molar-refractivity contribution is 1.27. The third-order valence-electron chi connectivity index (χ3n) is 4.67. The van der Waals surface area contributed by atoms with Gasteiger partial charge in [-0.05, 0) is 86.0 Å². The number of hydrogen-bond donors (Lipinski definition) is 0. The van der Waals surface area contributed by atoms with Gasteiger partial charge in [0.25, 0.3) is 0 Å². The van der Waals surface area contributed by atoms with E-state index in [-0.39, 0.29) is 0 Å². The van der Waals surface area contributed by atoms with Crippen LogP contribution in [-0.2, 0) is 0 Å². The van der Waals surface area contributed by atoms with E-state index in [1.54, 1.807) is 11.8 Å².